The molecule has 0 saturated carbocycles. The van der Waals surface area contributed by atoms with Crippen LogP contribution in [0.25, 0.3) is 0 Å². The number of nitrogens with two attached hydrogens (primary N) is 1. The maximum atomic E-state index is 12.0. The van der Waals surface area contributed by atoms with Gasteiger partial charge in [-0.05, 0) is 31.5 Å². The average molecular weight is 267 g/mol. The highest BCUT2D eigenvalue weighted by atomic mass is 16.1. The first-order valence-corrected chi connectivity index (χ1v) is 6.43. The smallest absolute Gasteiger partial charge is 0.254 e. The molecule has 0 unspecified atom stereocenters. The lowest BCUT2D eigenvalue weighted by molar-refractivity contribution is 0.694. The van der Waals surface area contributed by atoms with Gasteiger partial charge in [-0.25, -0.2) is 4.98 Å². The van der Waals surface area contributed by atoms with Crippen molar-refractivity contribution in [1.29, 1.82) is 0 Å². The van der Waals surface area contributed by atoms with E-state index in [2.05, 4.69) is 16.8 Å². The summed E-state index contributed by atoms with van der Waals surface area (Å²) in [5, 5.41) is 0. The third-order valence-corrected chi connectivity index (χ3v) is 2.93. The van der Waals surface area contributed by atoms with Crippen LogP contribution in [0.15, 0.2) is 35.1 Å². The second kappa shape index (κ2) is 6.18. The second-order valence-corrected chi connectivity index (χ2v) is 4.58. The summed E-state index contributed by atoms with van der Waals surface area (Å²) in [5.41, 5.74) is 7.99. The van der Waals surface area contributed by atoms with Gasteiger partial charge in [0.15, 0.2) is 0 Å². The van der Waals surface area contributed by atoms with Crippen LogP contribution in [0.2, 0.25) is 0 Å². The van der Waals surface area contributed by atoms with E-state index in [1.165, 1.54) is 0 Å². The molecule has 0 radical (unpaired) electrons. The topological polar surface area (TPSA) is 60.9 Å². The third-order valence-electron chi connectivity index (χ3n) is 2.93. The molecule has 0 bridgehead atoms. The Labute approximate surface area is 118 Å². The van der Waals surface area contributed by atoms with Gasteiger partial charge in [0.1, 0.15) is 5.82 Å². The number of benzene rings is 1. The Morgan fingerprint density at radius 1 is 1.30 bits per heavy atom. The average Bonchev–Trinajstić information content (AvgIpc) is 2.41. The third kappa shape index (κ3) is 3.34. The number of hydrogen-bond donors (Lipinski definition) is 1. The van der Waals surface area contributed by atoms with Gasteiger partial charge in [-0.3, -0.25) is 9.36 Å². The van der Waals surface area contributed by atoms with E-state index in [9.17, 15) is 4.79 Å². The lowest BCUT2D eigenvalue weighted by Crippen LogP contribution is -2.24. The lowest BCUT2D eigenvalue weighted by atomic mass is 10.1. The van der Waals surface area contributed by atoms with Crippen LogP contribution < -0.4 is 11.3 Å². The van der Waals surface area contributed by atoms with Crippen molar-refractivity contribution >= 4 is 0 Å². The maximum absolute atomic E-state index is 12.0. The summed E-state index contributed by atoms with van der Waals surface area (Å²) in [7, 11) is 0. The molecule has 4 nitrogen and oxygen atoms in total. The molecule has 0 aliphatic heterocycles. The second-order valence-electron chi connectivity index (χ2n) is 4.58. The summed E-state index contributed by atoms with van der Waals surface area (Å²) in [6.07, 6.45) is 0. The van der Waals surface area contributed by atoms with Crippen molar-refractivity contribution < 1.29 is 0 Å². The zero-order valence-electron chi connectivity index (χ0n) is 11.7. The summed E-state index contributed by atoms with van der Waals surface area (Å²) in [4.78, 5) is 16.3. The van der Waals surface area contributed by atoms with E-state index in [4.69, 9.17) is 5.73 Å². The Morgan fingerprint density at radius 3 is 2.80 bits per heavy atom. The molecule has 2 N–H and O–H groups in total. The normalized spacial score (nSPS) is 9.95. The van der Waals surface area contributed by atoms with Gasteiger partial charge < -0.3 is 5.73 Å². The van der Waals surface area contributed by atoms with Crippen LogP contribution in [0.4, 0.5) is 0 Å². The van der Waals surface area contributed by atoms with Gasteiger partial charge in [-0.1, -0.05) is 24.0 Å². The van der Waals surface area contributed by atoms with E-state index in [1.54, 1.807) is 10.6 Å². The zero-order valence-corrected chi connectivity index (χ0v) is 11.7. The van der Waals surface area contributed by atoms with Crippen molar-refractivity contribution in [3.8, 4) is 11.8 Å². The van der Waals surface area contributed by atoms with E-state index in [0.717, 1.165) is 16.8 Å². The molecule has 20 heavy (non-hydrogen) atoms. The highest BCUT2D eigenvalue weighted by molar-refractivity contribution is 5.37. The number of nitrogens with zero attached hydrogens (tertiary/aromatic N) is 2. The Morgan fingerprint density at radius 2 is 2.10 bits per heavy atom. The van der Waals surface area contributed by atoms with Crippen LogP contribution in [-0.4, -0.2) is 16.1 Å². The molecule has 0 amide bonds. The molecule has 0 fully saturated rings. The van der Waals surface area contributed by atoms with Crippen LogP contribution in [-0.2, 0) is 6.54 Å². The fourth-order valence-corrected chi connectivity index (χ4v) is 2.04. The first kappa shape index (κ1) is 14.0. The highest BCUT2D eigenvalue weighted by Gasteiger charge is 2.04. The molecule has 4 heteroatoms. The molecule has 0 saturated heterocycles. The van der Waals surface area contributed by atoms with E-state index in [1.807, 2.05) is 38.1 Å². The van der Waals surface area contributed by atoms with Crippen molar-refractivity contribution in [2.75, 3.05) is 6.54 Å². The number of aryl methyl sites for hydroxylation is 2. The molecule has 0 atom stereocenters. The van der Waals surface area contributed by atoms with Crippen LogP contribution in [0.3, 0.4) is 0 Å². The molecular weight excluding hydrogens is 250 g/mol. The van der Waals surface area contributed by atoms with E-state index in [-0.39, 0.29) is 5.56 Å². The van der Waals surface area contributed by atoms with Crippen molar-refractivity contribution in [2.45, 2.75) is 20.4 Å². The highest BCUT2D eigenvalue weighted by Crippen LogP contribution is 2.06. The minimum absolute atomic E-state index is 0.0338. The van der Waals surface area contributed by atoms with Gasteiger partial charge >= 0.3 is 0 Å². The van der Waals surface area contributed by atoms with E-state index < -0.39 is 0 Å². The Kier molecular flexibility index (Phi) is 4.34. The SMILES string of the molecule is Cc1cc(=O)n(Cc2cccc(C#CCN)c2)c(C)n1. The first-order valence-electron chi connectivity index (χ1n) is 6.43. The molecule has 1 aromatic heterocycles. The summed E-state index contributed by atoms with van der Waals surface area (Å²) in [6.45, 7) is 4.50. The molecule has 1 aromatic carbocycles. The van der Waals surface area contributed by atoms with Gasteiger partial charge in [0, 0.05) is 17.3 Å². The van der Waals surface area contributed by atoms with Gasteiger partial charge in [-0.15, -0.1) is 0 Å². The monoisotopic (exact) mass is 267 g/mol. The number of aromatic nitrogens is 2. The summed E-state index contributed by atoms with van der Waals surface area (Å²) < 4.78 is 1.66. The van der Waals surface area contributed by atoms with E-state index >= 15 is 0 Å². The lowest BCUT2D eigenvalue weighted by Gasteiger charge is -2.09. The summed E-state index contributed by atoms with van der Waals surface area (Å²) in [6, 6.07) is 9.34. The summed E-state index contributed by atoms with van der Waals surface area (Å²) in [5.74, 6) is 6.53. The van der Waals surface area contributed by atoms with Crippen LogP contribution in [0.1, 0.15) is 22.6 Å². The summed E-state index contributed by atoms with van der Waals surface area (Å²) >= 11 is 0. The molecule has 1 heterocycles. The Bertz CT molecular complexity index is 735. The van der Waals surface area contributed by atoms with Gasteiger partial charge in [0.2, 0.25) is 0 Å². The zero-order chi connectivity index (χ0) is 14.5. The molecule has 0 aliphatic rings. The predicted molar refractivity (Wildman–Crippen MR) is 79.4 cm³/mol. The minimum atomic E-state index is -0.0338. The predicted octanol–water partition coefficient (Wildman–Crippen LogP) is 1.22. The van der Waals surface area contributed by atoms with Crippen LogP contribution in [0, 0.1) is 25.7 Å². The van der Waals surface area contributed by atoms with Gasteiger partial charge in [0.25, 0.3) is 5.56 Å². The molecule has 2 aromatic rings. The molecule has 0 aliphatic carbocycles. The molecule has 0 spiro atoms. The largest absolute Gasteiger partial charge is 0.320 e. The van der Waals surface area contributed by atoms with Gasteiger partial charge in [-0.2, -0.15) is 0 Å². The van der Waals surface area contributed by atoms with Crippen LogP contribution in [0.5, 0.6) is 0 Å². The molecule has 102 valence electrons. The number of rotatable bonds is 2. The van der Waals surface area contributed by atoms with Gasteiger partial charge in [0.05, 0.1) is 13.1 Å². The molecule has 2 rings (SSSR count). The van der Waals surface area contributed by atoms with Crippen molar-refractivity contribution in [1.82, 2.24) is 9.55 Å². The van der Waals surface area contributed by atoms with Crippen molar-refractivity contribution in [3.05, 3.63) is 63.3 Å². The van der Waals surface area contributed by atoms with Crippen LogP contribution >= 0.6 is 0 Å². The Balaban J connectivity index is 2.33. The first-order chi connectivity index (χ1) is 9.60. The fraction of sp³-hybridized carbons (Fsp3) is 0.250. The number of hydrogen-bond acceptors (Lipinski definition) is 3. The van der Waals surface area contributed by atoms with Crippen molar-refractivity contribution in [2.24, 2.45) is 5.73 Å². The standard InChI is InChI=1S/C16H17N3O/c1-12-9-16(20)19(13(2)18-12)11-15-6-3-5-14(10-15)7-4-8-17/h3,5-6,9-10H,8,11,17H2,1-2H3. The molecular formula is C16H17N3O. The van der Waals surface area contributed by atoms with Crippen molar-refractivity contribution in [3.63, 3.8) is 0 Å². The maximum Gasteiger partial charge on any atom is 0.254 e. The quantitative estimate of drug-likeness (QED) is 0.832. The minimum Gasteiger partial charge on any atom is -0.320 e. The fourth-order valence-electron chi connectivity index (χ4n) is 2.04. The van der Waals surface area contributed by atoms with E-state index in [0.29, 0.717) is 18.9 Å². The Hall–Kier alpha value is -2.38.